The van der Waals surface area contributed by atoms with Crippen molar-refractivity contribution in [1.29, 1.82) is 0 Å². The lowest BCUT2D eigenvalue weighted by molar-refractivity contribution is -0.131. The molecule has 0 N–H and O–H groups in total. The summed E-state index contributed by atoms with van der Waals surface area (Å²) >= 11 is 1.48. The van der Waals surface area contributed by atoms with Crippen LogP contribution in [-0.2, 0) is 11.3 Å². The third-order valence-electron chi connectivity index (χ3n) is 6.01. The highest BCUT2D eigenvalue weighted by Crippen LogP contribution is 2.34. The molecular weight excluding hydrogens is 400 g/mol. The molecule has 3 aromatic heterocycles. The van der Waals surface area contributed by atoms with E-state index in [1.165, 1.54) is 11.3 Å². The number of nitrogens with zero attached hydrogens (tertiary/aromatic N) is 4. The fourth-order valence-electron chi connectivity index (χ4n) is 4.64. The van der Waals surface area contributed by atoms with Crippen LogP contribution in [0.4, 0.5) is 0 Å². The van der Waals surface area contributed by atoms with Crippen LogP contribution in [0.5, 0.6) is 10.9 Å². The standard InChI is InChI=1S/C22H20N4O3S/c1-13(27)26-11-15-9-16(26)10-25(15)12-18-8-14-7-17(4-5-19(14)28-18)29-22-24-21-20(30-22)3-2-6-23-21/h2-8,15-16H,9-12H2,1H3/t15-,16-/m0/s1. The maximum Gasteiger partial charge on any atom is 0.281 e. The average molecular weight is 420 g/mol. The van der Waals surface area contributed by atoms with E-state index in [2.05, 4.69) is 20.9 Å². The third-order valence-corrected chi connectivity index (χ3v) is 6.89. The fourth-order valence-corrected chi connectivity index (χ4v) is 5.43. The Balaban J connectivity index is 1.19. The van der Waals surface area contributed by atoms with Gasteiger partial charge in [0.15, 0.2) is 5.65 Å². The number of thiazole rings is 1. The summed E-state index contributed by atoms with van der Waals surface area (Å²) in [6.45, 7) is 4.17. The monoisotopic (exact) mass is 420 g/mol. The van der Waals surface area contributed by atoms with E-state index in [1.54, 1.807) is 13.1 Å². The Hall–Kier alpha value is -2.97. The number of amides is 1. The van der Waals surface area contributed by atoms with Crippen LogP contribution in [0.1, 0.15) is 19.1 Å². The number of ether oxygens (including phenoxy) is 1. The first-order valence-electron chi connectivity index (χ1n) is 10.1. The van der Waals surface area contributed by atoms with E-state index < -0.39 is 0 Å². The first kappa shape index (κ1) is 17.9. The summed E-state index contributed by atoms with van der Waals surface area (Å²) in [5, 5.41) is 1.59. The number of aromatic nitrogens is 2. The summed E-state index contributed by atoms with van der Waals surface area (Å²) in [4.78, 5) is 24.8. The number of carbonyl (C=O) groups is 1. The van der Waals surface area contributed by atoms with E-state index in [9.17, 15) is 4.79 Å². The highest BCUT2D eigenvalue weighted by atomic mass is 32.1. The minimum Gasteiger partial charge on any atom is -0.460 e. The molecule has 2 atom stereocenters. The van der Waals surface area contributed by atoms with Gasteiger partial charge in [0.05, 0.1) is 11.2 Å². The highest BCUT2D eigenvalue weighted by molar-refractivity contribution is 7.20. The lowest BCUT2D eigenvalue weighted by Gasteiger charge is -2.33. The van der Waals surface area contributed by atoms with Gasteiger partial charge in [-0.2, -0.15) is 4.98 Å². The number of hydrogen-bond acceptors (Lipinski definition) is 7. The van der Waals surface area contributed by atoms with Crippen molar-refractivity contribution < 1.29 is 13.9 Å². The van der Waals surface area contributed by atoms with Gasteiger partial charge in [0.2, 0.25) is 5.91 Å². The summed E-state index contributed by atoms with van der Waals surface area (Å²) in [5.74, 6) is 1.85. The highest BCUT2D eigenvalue weighted by Gasteiger charge is 2.44. The predicted octanol–water partition coefficient (Wildman–Crippen LogP) is 4.03. The van der Waals surface area contributed by atoms with Gasteiger partial charge in [-0.15, -0.1) is 0 Å². The van der Waals surface area contributed by atoms with Gasteiger partial charge in [-0.05, 0) is 42.8 Å². The Morgan fingerprint density at radius 1 is 1.27 bits per heavy atom. The average Bonchev–Trinajstić information content (AvgIpc) is 3.49. The number of rotatable bonds is 4. The Morgan fingerprint density at radius 3 is 3.00 bits per heavy atom. The molecule has 2 aliphatic rings. The van der Waals surface area contributed by atoms with Crippen LogP contribution in [0.25, 0.3) is 21.3 Å². The largest absolute Gasteiger partial charge is 0.460 e. The molecule has 1 aromatic carbocycles. The normalized spacial score (nSPS) is 21.2. The number of pyridine rings is 1. The molecule has 0 radical (unpaired) electrons. The van der Waals surface area contributed by atoms with Crippen LogP contribution in [-0.4, -0.2) is 50.8 Å². The zero-order chi connectivity index (χ0) is 20.2. The predicted molar refractivity (Wildman–Crippen MR) is 114 cm³/mol. The second-order valence-electron chi connectivity index (χ2n) is 7.96. The Labute approximate surface area is 176 Å². The molecule has 7 nitrogen and oxygen atoms in total. The number of piperazine rings is 1. The summed E-state index contributed by atoms with van der Waals surface area (Å²) in [6.07, 6.45) is 2.80. The zero-order valence-electron chi connectivity index (χ0n) is 16.4. The Bertz CT molecular complexity index is 1230. The molecule has 2 aliphatic heterocycles. The molecule has 152 valence electrons. The van der Waals surface area contributed by atoms with E-state index in [-0.39, 0.29) is 5.91 Å². The van der Waals surface area contributed by atoms with Gasteiger partial charge in [0.1, 0.15) is 17.1 Å². The second-order valence-corrected chi connectivity index (χ2v) is 8.96. The zero-order valence-corrected chi connectivity index (χ0v) is 17.3. The number of hydrogen-bond donors (Lipinski definition) is 0. The van der Waals surface area contributed by atoms with Crippen LogP contribution >= 0.6 is 11.3 Å². The molecule has 4 aromatic rings. The van der Waals surface area contributed by atoms with E-state index in [0.29, 0.717) is 22.9 Å². The van der Waals surface area contributed by atoms with Gasteiger partial charge in [0.25, 0.3) is 5.19 Å². The van der Waals surface area contributed by atoms with Crippen LogP contribution < -0.4 is 4.74 Å². The van der Waals surface area contributed by atoms with Crippen molar-refractivity contribution >= 4 is 38.6 Å². The topological polar surface area (TPSA) is 71.7 Å². The summed E-state index contributed by atoms with van der Waals surface area (Å²) in [7, 11) is 0. The molecule has 8 heteroatoms. The van der Waals surface area contributed by atoms with Gasteiger partial charge in [-0.25, -0.2) is 4.98 Å². The minimum absolute atomic E-state index is 0.183. The molecule has 2 bridgehead atoms. The van der Waals surface area contributed by atoms with Crippen LogP contribution in [0.15, 0.2) is 47.0 Å². The first-order valence-corrected chi connectivity index (χ1v) is 10.9. The number of carbonyl (C=O) groups excluding carboxylic acids is 1. The lowest BCUT2D eigenvalue weighted by Crippen LogP contribution is -2.47. The third kappa shape index (κ3) is 3.03. The van der Waals surface area contributed by atoms with Crippen LogP contribution in [0.2, 0.25) is 0 Å². The molecule has 0 unspecified atom stereocenters. The minimum atomic E-state index is 0.183. The molecular formula is C22H20N4O3S. The van der Waals surface area contributed by atoms with E-state index >= 15 is 0 Å². The van der Waals surface area contributed by atoms with Crippen molar-refractivity contribution in [3.8, 4) is 10.9 Å². The van der Waals surface area contributed by atoms with Crippen molar-refractivity contribution in [1.82, 2.24) is 19.8 Å². The van der Waals surface area contributed by atoms with Crippen LogP contribution in [0, 0.1) is 0 Å². The molecule has 2 saturated heterocycles. The Kier molecular flexibility index (Phi) is 4.04. The van der Waals surface area contributed by atoms with Crippen molar-refractivity contribution in [2.24, 2.45) is 0 Å². The van der Waals surface area contributed by atoms with Gasteiger partial charge >= 0.3 is 0 Å². The maximum atomic E-state index is 11.7. The number of furan rings is 1. The number of fused-ring (bicyclic) bond motifs is 4. The summed E-state index contributed by atoms with van der Waals surface area (Å²) < 4.78 is 13.0. The van der Waals surface area contributed by atoms with Crippen molar-refractivity contribution in [2.75, 3.05) is 13.1 Å². The molecule has 0 saturated carbocycles. The van der Waals surface area contributed by atoms with Crippen LogP contribution in [0.3, 0.4) is 0 Å². The lowest BCUT2D eigenvalue weighted by atomic mass is 10.2. The van der Waals surface area contributed by atoms with Gasteiger partial charge in [-0.1, -0.05) is 11.3 Å². The van der Waals surface area contributed by atoms with Gasteiger partial charge in [0, 0.05) is 43.7 Å². The maximum absolute atomic E-state index is 11.7. The SMILES string of the molecule is CC(=O)N1C[C@@H]2C[C@H]1CN2Cc1cc2cc(Oc3nc4ncccc4s3)ccc2o1. The van der Waals surface area contributed by atoms with Gasteiger partial charge in [-0.3, -0.25) is 9.69 Å². The van der Waals surface area contributed by atoms with E-state index in [0.717, 1.165) is 53.2 Å². The quantitative estimate of drug-likeness (QED) is 0.496. The molecule has 30 heavy (non-hydrogen) atoms. The number of likely N-dealkylation sites (tertiary alicyclic amines) is 2. The van der Waals surface area contributed by atoms with Gasteiger partial charge < -0.3 is 14.1 Å². The van der Waals surface area contributed by atoms with Crippen molar-refractivity contribution in [3.05, 3.63) is 48.4 Å². The van der Waals surface area contributed by atoms with Crippen molar-refractivity contribution in [3.63, 3.8) is 0 Å². The van der Waals surface area contributed by atoms with E-state index in [1.807, 2.05) is 35.2 Å². The smallest absolute Gasteiger partial charge is 0.281 e. The molecule has 6 rings (SSSR count). The molecule has 5 heterocycles. The summed E-state index contributed by atoms with van der Waals surface area (Å²) in [5.41, 5.74) is 1.55. The molecule has 0 spiro atoms. The van der Waals surface area contributed by atoms with E-state index in [4.69, 9.17) is 9.15 Å². The summed E-state index contributed by atoms with van der Waals surface area (Å²) in [6, 6.07) is 12.6. The molecule has 2 fully saturated rings. The fraction of sp³-hybridized carbons (Fsp3) is 0.318. The Morgan fingerprint density at radius 2 is 2.20 bits per heavy atom. The van der Waals surface area contributed by atoms with Crippen molar-refractivity contribution in [2.45, 2.75) is 32.0 Å². The molecule has 1 amide bonds. The number of benzene rings is 1. The molecule has 0 aliphatic carbocycles. The second kappa shape index (κ2) is 6.78. The first-order chi connectivity index (χ1) is 14.6.